The molecular weight excluding hydrogens is 286 g/mol. The molecule has 1 aromatic carbocycles. The molecule has 0 N–H and O–H groups in total. The smallest absolute Gasteiger partial charge is 0.132 e. The topological polar surface area (TPSA) is 38.2 Å². The summed E-state index contributed by atoms with van der Waals surface area (Å²) in [5, 5.41) is 0. The molecule has 0 amide bonds. The number of anilines is 1. The van der Waals surface area contributed by atoms with Gasteiger partial charge in [0.15, 0.2) is 0 Å². The number of morpholine rings is 1. The van der Waals surface area contributed by atoms with Crippen LogP contribution in [0.2, 0.25) is 0 Å². The molecule has 2 aromatic rings. The Morgan fingerprint density at radius 3 is 2.65 bits per heavy atom. The number of hydrogen-bond acceptors (Lipinski definition) is 4. The summed E-state index contributed by atoms with van der Waals surface area (Å²) in [7, 11) is 0. The maximum absolute atomic E-state index is 5.40. The van der Waals surface area contributed by atoms with Gasteiger partial charge >= 0.3 is 0 Å². The van der Waals surface area contributed by atoms with Crippen LogP contribution in [-0.4, -0.2) is 36.3 Å². The van der Waals surface area contributed by atoms with Crippen LogP contribution in [0.5, 0.6) is 0 Å². The fraction of sp³-hybridized carbons (Fsp3) is 0.368. The normalized spacial score (nSPS) is 17.4. The minimum absolute atomic E-state index is 0.781. The number of aromatic nitrogens is 2. The third-order valence-corrected chi connectivity index (χ3v) is 4.54. The summed E-state index contributed by atoms with van der Waals surface area (Å²) >= 11 is 0. The largest absolute Gasteiger partial charge is 0.378 e. The molecule has 0 unspecified atom stereocenters. The molecule has 2 heterocycles. The molecule has 4 nitrogen and oxygen atoms in total. The summed E-state index contributed by atoms with van der Waals surface area (Å²) < 4.78 is 5.40. The van der Waals surface area contributed by atoms with Crippen molar-refractivity contribution in [3.63, 3.8) is 0 Å². The standard InChI is InChI=1S/C19H21N3O/c1-14-10-16-13-20-19(21-18(16)11-14)12-15-2-4-17(5-3-15)22-6-8-23-9-7-22/h2-5,13H,1,6-12H2. The first-order valence-corrected chi connectivity index (χ1v) is 8.20. The molecule has 4 heteroatoms. The second kappa shape index (κ2) is 6.13. The minimum Gasteiger partial charge on any atom is -0.378 e. The van der Waals surface area contributed by atoms with Crippen molar-refractivity contribution in [1.29, 1.82) is 0 Å². The highest BCUT2D eigenvalue weighted by Gasteiger charge is 2.16. The molecule has 2 aliphatic rings. The van der Waals surface area contributed by atoms with Gasteiger partial charge in [-0.05, 0) is 29.7 Å². The molecule has 1 aliphatic heterocycles. The van der Waals surface area contributed by atoms with Crippen LogP contribution in [-0.2, 0) is 24.0 Å². The van der Waals surface area contributed by atoms with E-state index in [0.29, 0.717) is 0 Å². The lowest BCUT2D eigenvalue weighted by Crippen LogP contribution is -2.36. The molecule has 23 heavy (non-hydrogen) atoms. The van der Waals surface area contributed by atoms with E-state index in [2.05, 4.69) is 40.7 Å². The average molecular weight is 307 g/mol. The van der Waals surface area contributed by atoms with Crippen LogP contribution in [0.4, 0.5) is 5.69 Å². The lowest BCUT2D eigenvalue weighted by Gasteiger charge is -2.28. The zero-order chi connectivity index (χ0) is 15.6. The number of allylic oxidation sites excluding steroid dienone is 1. The lowest BCUT2D eigenvalue weighted by molar-refractivity contribution is 0.122. The van der Waals surface area contributed by atoms with Gasteiger partial charge in [0.25, 0.3) is 0 Å². The fourth-order valence-electron chi connectivity index (χ4n) is 3.27. The molecule has 0 saturated carbocycles. The zero-order valence-electron chi connectivity index (χ0n) is 13.3. The molecule has 1 aromatic heterocycles. The Balaban J connectivity index is 1.47. The van der Waals surface area contributed by atoms with Crippen molar-refractivity contribution in [1.82, 2.24) is 9.97 Å². The van der Waals surface area contributed by atoms with Crippen molar-refractivity contribution in [2.75, 3.05) is 31.2 Å². The molecule has 0 bridgehead atoms. The number of hydrogen-bond donors (Lipinski definition) is 0. The SMILES string of the molecule is C=C1Cc2cnc(Cc3ccc(N4CCOCC4)cc3)nc2C1. The first-order chi connectivity index (χ1) is 11.3. The van der Waals surface area contributed by atoms with Gasteiger partial charge in [0.2, 0.25) is 0 Å². The summed E-state index contributed by atoms with van der Waals surface area (Å²) in [6.07, 6.45) is 4.59. The zero-order valence-corrected chi connectivity index (χ0v) is 13.3. The van der Waals surface area contributed by atoms with Crippen LogP contribution >= 0.6 is 0 Å². The minimum atomic E-state index is 0.781. The van der Waals surface area contributed by atoms with Crippen LogP contribution in [0.3, 0.4) is 0 Å². The Hall–Kier alpha value is -2.20. The van der Waals surface area contributed by atoms with Gasteiger partial charge in [-0.15, -0.1) is 0 Å². The highest BCUT2D eigenvalue weighted by atomic mass is 16.5. The first-order valence-electron chi connectivity index (χ1n) is 8.20. The Kier molecular flexibility index (Phi) is 3.83. The van der Waals surface area contributed by atoms with Gasteiger partial charge in [-0.3, -0.25) is 0 Å². The molecule has 1 saturated heterocycles. The molecule has 0 spiro atoms. The Morgan fingerprint density at radius 1 is 1.09 bits per heavy atom. The van der Waals surface area contributed by atoms with Gasteiger partial charge in [-0.1, -0.05) is 24.3 Å². The average Bonchev–Trinajstić information content (AvgIpc) is 2.96. The van der Waals surface area contributed by atoms with E-state index in [1.807, 2.05) is 6.20 Å². The summed E-state index contributed by atoms with van der Waals surface area (Å²) in [5.41, 5.74) is 6.15. The van der Waals surface area contributed by atoms with E-state index in [-0.39, 0.29) is 0 Å². The van der Waals surface area contributed by atoms with Gasteiger partial charge in [-0.2, -0.15) is 0 Å². The fourth-order valence-corrected chi connectivity index (χ4v) is 3.27. The van der Waals surface area contributed by atoms with Gasteiger partial charge in [0, 0.05) is 37.8 Å². The Bertz CT molecular complexity index is 718. The predicted octanol–water partition coefficient (Wildman–Crippen LogP) is 2.56. The maximum Gasteiger partial charge on any atom is 0.132 e. The van der Waals surface area contributed by atoms with E-state index in [1.165, 1.54) is 22.4 Å². The van der Waals surface area contributed by atoms with Gasteiger partial charge in [0.1, 0.15) is 5.82 Å². The monoisotopic (exact) mass is 307 g/mol. The van der Waals surface area contributed by atoms with E-state index in [1.54, 1.807) is 0 Å². The molecular formula is C19H21N3O. The molecule has 0 radical (unpaired) electrons. The summed E-state index contributed by atoms with van der Waals surface area (Å²) in [6, 6.07) is 8.74. The third-order valence-electron chi connectivity index (χ3n) is 4.54. The molecule has 1 aliphatic carbocycles. The van der Waals surface area contributed by atoms with Crippen molar-refractivity contribution in [3.05, 3.63) is 65.3 Å². The summed E-state index contributed by atoms with van der Waals surface area (Å²) in [5.74, 6) is 0.901. The first kappa shape index (κ1) is 14.4. The summed E-state index contributed by atoms with van der Waals surface area (Å²) in [4.78, 5) is 11.6. The van der Waals surface area contributed by atoms with Gasteiger partial charge in [-0.25, -0.2) is 9.97 Å². The van der Waals surface area contributed by atoms with Crippen molar-refractivity contribution >= 4 is 5.69 Å². The van der Waals surface area contributed by atoms with E-state index in [4.69, 9.17) is 9.72 Å². The summed E-state index contributed by atoms with van der Waals surface area (Å²) in [6.45, 7) is 7.63. The van der Waals surface area contributed by atoms with E-state index >= 15 is 0 Å². The highest BCUT2D eigenvalue weighted by Crippen LogP contribution is 2.23. The number of ether oxygens (including phenoxy) is 1. The predicted molar refractivity (Wildman–Crippen MR) is 90.9 cm³/mol. The van der Waals surface area contributed by atoms with Gasteiger partial charge < -0.3 is 9.64 Å². The van der Waals surface area contributed by atoms with Crippen LogP contribution in [0.15, 0.2) is 42.6 Å². The van der Waals surface area contributed by atoms with Crippen LogP contribution in [0.25, 0.3) is 0 Å². The van der Waals surface area contributed by atoms with Crippen LogP contribution in [0.1, 0.15) is 22.6 Å². The van der Waals surface area contributed by atoms with E-state index in [0.717, 1.165) is 57.1 Å². The Morgan fingerprint density at radius 2 is 1.87 bits per heavy atom. The highest BCUT2D eigenvalue weighted by molar-refractivity contribution is 5.48. The number of nitrogens with zero attached hydrogens (tertiary/aromatic N) is 3. The third kappa shape index (κ3) is 3.13. The second-order valence-electron chi connectivity index (χ2n) is 6.30. The van der Waals surface area contributed by atoms with Gasteiger partial charge in [0.05, 0.1) is 18.9 Å². The Labute approximate surface area is 136 Å². The second-order valence-corrected chi connectivity index (χ2v) is 6.30. The lowest BCUT2D eigenvalue weighted by atomic mass is 10.1. The molecule has 4 rings (SSSR count). The quantitative estimate of drug-likeness (QED) is 0.817. The van der Waals surface area contributed by atoms with Crippen molar-refractivity contribution in [2.24, 2.45) is 0 Å². The number of fused-ring (bicyclic) bond motifs is 1. The molecule has 1 fully saturated rings. The van der Waals surface area contributed by atoms with E-state index in [9.17, 15) is 0 Å². The van der Waals surface area contributed by atoms with Crippen LogP contribution in [0, 0.1) is 0 Å². The van der Waals surface area contributed by atoms with Crippen molar-refractivity contribution in [3.8, 4) is 0 Å². The number of rotatable bonds is 3. The van der Waals surface area contributed by atoms with Crippen molar-refractivity contribution < 1.29 is 4.74 Å². The van der Waals surface area contributed by atoms with E-state index < -0.39 is 0 Å². The number of benzene rings is 1. The van der Waals surface area contributed by atoms with Crippen molar-refractivity contribution in [2.45, 2.75) is 19.3 Å². The molecule has 0 atom stereocenters. The molecule has 118 valence electrons. The van der Waals surface area contributed by atoms with Crippen LogP contribution < -0.4 is 4.90 Å². The maximum atomic E-state index is 5.40.